The Morgan fingerprint density at radius 3 is 2.72 bits per heavy atom. The van der Waals surface area contributed by atoms with Crippen LogP contribution in [0.15, 0.2) is 18.2 Å². The molecule has 1 N–H and O–H groups in total. The van der Waals surface area contributed by atoms with Crippen molar-refractivity contribution in [2.24, 2.45) is 0 Å². The van der Waals surface area contributed by atoms with Crippen molar-refractivity contribution in [1.82, 2.24) is 5.32 Å². The van der Waals surface area contributed by atoms with E-state index in [1.807, 2.05) is 18.2 Å². The highest BCUT2D eigenvalue weighted by Gasteiger charge is 2.35. The molecule has 1 aliphatic heterocycles. The van der Waals surface area contributed by atoms with Gasteiger partial charge in [-0.15, -0.1) is 0 Å². The summed E-state index contributed by atoms with van der Waals surface area (Å²) in [6.45, 7) is 1.88. The van der Waals surface area contributed by atoms with E-state index in [1.54, 1.807) is 6.26 Å². The van der Waals surface area contributed by atoms with Crippen LogP contribution in [0.25, 0.3) is 0 Å². The molecule has 0 radical (unpaired) electrons. The fourth-order valence-electron chi connectivity index (χ4n) is 2.64. The SMILES string of the molecule is CS(=O)CC1(c2ccc(Cl)c(Cl)c2)CCCNC1. The van der Waals surface area contributed by atoms with Crippen LogP contribution in [0, 0.1) is 0 Å². The summed E-state index contributed by atoms with van der Waals surface area (Å²) in [5.74, 6) is 0.665. The van der Waals surface area contributed by atoms with Crippen LogP contribution >= 0.6 is 23.2 Å². The van der Waals surface area contributed by atoms with Crippen molar-refractivity contribution in [3.8, 4) is 0 Å². The number of benzene rings is 1. The molecule has 1 heterocycles. The fraction of sp³-hybridized carbons (Fsp3) is 0.538. The maximum Gasteiger partial charge on any atom is 0.0595 e. The molecule has 2 atom stereocenters. The molecule has 5 heteroatoms. The number of nitrogens with one attached hydrogen (secondary N) is 1. The van der Waals surface area contributed by atoms with Gasteiger partial charge in [0.2, 0.25) is 0 Å². The summed E-state index contributed by atoms with van der Waals surface area (Å²) in [6, 6.07) is 5.76. The van der Waals surface area contributed by atoms with E-state index in [2.05, 4.69) is 5.32 Å². The summed E-state index contributed by atoms with van der Waals surface area (Å²) in [5, 5.41) is 4.54. The summed E-state index contributed by atoms with van der Waals surface area (Å²) in [4.78, 5) is 0. The minimum absolute atomic E-state index is 0.0773. The highest BCUT2D eigenvalue weighted by molar-refractivity contribution is 7.84. The van der Waals surface area contributed by atoms with Crippen molar-refractivity contribution in [2.75, 3.05) is 25.1 Å². The summed E-state index contributed by atoms with van der Waals surface area (Å²) in [7, 11) is -0.831. The van der Waals surface area contributed by atoms with Crippen molar-refractivity contribution >= 4 is 34.0 Å². The molecule has 1 aliphatic rings. The lowest BCUT2D eigenvalue weighted by Gasteiger charge is -2.37. The van der Waals surface area contributed by atoms with Gasteiger partial charge in [0.1, 0.15) is 0 Å². The summed E-state index contributed by atoms with van der Waals surface area (Å²) in [6.07, 6.45) is 3.89. The van der Waals surface area contributed by atoms with Crippen LogP contribution in [0.5, 0.6) is 0 Å². The van der Waals surface area contributed by atoms with Crippen molar-refractivity contribution in [1.29, 1.82) is 0 Å². The standard InChI is InChI=1S/C13H17Cl2NOS/c1-18(17)9-13(5-2-6-16-8-13)10-3-4-11(14)12(15)7-10/h3-4,7,16H,2,5-6,8-9H2,1H3. The lowest BCUT2D eigenvalue weighted by atomic mass is 9.76. The van der Waals surface area contributed by atoms with Crippen LogP contribution in [0.4, 0.5) is 0 Å². The third-order valence-corrected chi connectivity index (χ3v) is 5.18. The summed E-state index contributed by atoms with van der Waals surface area (Å²) >= 11 is 12.1. The highest BCUT2D eigenvalue weighted by atomic mass is 35.5. The van der Waals surface area contributed by atoms with Gasteiger partial charge in [-0.3, -0.25) is 4.21 Å². The first kappa shape index (κ1) is 14.3. The Morgan fingerprint density at radius 2 is 2.17 bits per heavy atom. The molecule has 0 bridgehead atoms. The van der Waals surface area contributed by atoms with E-state index >= 15 is 0 Å². The molecular formula is C13H17Cl2NOS. The van der Waals surface area contributed by atoms with Gasteiger partial charge in [0.15, 0.2) is 0 Å². The van der Waals surface area contributed by atoms with Crippen LogP contribution < -0.4 is 5.32 Å². The second kappa shape index (κ2) is 5.91. The topological polar surface area (TPSA) is 29.1 Å². The predicted molar refractivity (Wildman–Crippen MR) is 79.2 cm³/mol. The molecule has 0 amide bonds. The number of halogens is 2. The predicted octanol–water partition coefficient (Wildman–Crippen LogP) is 2.99. The van der Waals surface area contributed by atoms with Crippen LogP contribution in [0.1, 0.15) is 18.4 Å². The Kier molecular flexibility index (Phi) is 4.70. The molecule has 18 heavy (non-hydrogen) atoms. The van der Waals surface area contributed by atoms with E-state index in [4.69, 9.17) is 23.2 Å². The average molecular weight is 306 g/mol. The van der Waals surface area contributed by atoms with E-state index < -0.39 is 10.8 Å². The van der Waals surface area contributed by atoms with Crippen molar-refractivity contribution in [3.05, 3.63) is 33.8 Å². The van der Waals surface area contributed by atoms with Crippen LogP contribution in [-0.2, 0) is 16.2 Å². The zero-order valence-corrected chi connectivity index (χ0v) is 12.7. The van der Waals surface area contributed by atoms with E-state index in [0.717, 1.165) is 31.5 Å². The minimum Gasteiger partial charge on any atom is -0.316 e. The molecular weight excluding hydrogens is 289 g/mol. The Bertz CT molecular complexity index is 458. The van der Waals surface area contributed by atoms with Gasteiger partial charge in [0.05, 0.1) is 10.0 Å². The lowest BCUT2D eigenvalue weighted by Crippen LogP contribution is -2.46. The molecule has 2 nitrogen and oxygen atoms in total. The van der Waals surface area contributed by atoms with Gasteiger partial charge in [-0.2, -0.15) is 0 Å². The smallest absolute Gasteiger partial charge is 0.0595 e. The second-order valence-corrected chi connectivity index (χ2v) is 7.16. The average Bonchev–Trinajstić information content (AvgIpc) is 2.33. The molecule has 1 aromatic carbocycles. The molecule has 1 saturated heterocycles. The molecule has 2 unspecified atom stereocenters. The first-order chi connectivity index (χ1) is 8.53. The van der Waals surface area contributed by atoms with E-state index in [0.29, 0.717) is 15.8 Å². The maximum absolute atomic E-state index is 11.7. The molecule has 100 valence electrons. The third kappa shape index (κ3) is 3.08. The van der Waals surface area contributed by atoms with Crippen molar-refractivity contribution in [2.45, 2.75) is 18.3 Å². The quantitative estimate of drug-likeness (QED) is 0.930. The van der Waals surface area contributed by atoms with E-state index in [1.165, 1.54) is 0 Å². The molecule has 2 rings (SSSR count). The maximum atomic E-state index is 11.7. The Hall–Kier alpha value is -0.0900. The summed E-state index contributed by atoms with van der Waals surface area (Å²) in [5.41, 5.74) is 1.06. The number of hydrogen-bond donors (Lipinski definition) is 1. The van der Waals surface area contributed by atoms with Gasteiger partial charge in [-0.25, -0.2) is 0 Å². The van der Waals surface area contributed by atoms with Crippen molar-refractivity contribution in [3.63, 3.8) is 0 Å². The number of hydrogen-bond acceptors (Lipinski definition) is 2. The fourth-order valence-corrected chi connectivity index (χ4v) is 4.13. The first-order valence-corrected chi connectivity index (χ1v) is 8.48. The number of piperidine rings is 1. The third-order valence-electron chi connectivity index (χ3n) is 3.48. The van der Waals surface area contributed by atoms with Gasteiger partial charge in [0.25, 0.3) is 0 Å². The lowest BCUT2D eigenvalue weighted by molar-refractivity contribution is 0.344. The molecule has 0 saturated carbocycles. The molecule has 0 aliphatic carbocycles. The minimum atomic E-state index is -0.831. The highest BCUT2D eigenvalue weighted by Crippen LogP contribution is 2.35. The van der Waals surface area contributed by atoms with E-state index in [9.17, 15) is 4.21 Å². The molecule has 1 fully saturated rings. The zero-order chi connectivity index (χ0) is 13.2. The molecule has 0 aromatic heterocycles. The largest absolute Gasteiger partial charge is 0.316 e. The van der Waals surface area contributed by atoms with Gasteiger partial charge < -0.3 is 5.32 Å². The first-order valence-electron chi connectivity index (χ1n) is 6.00. The van der Waals surface area contributed by atoms with Gasteiger partial charge in [-0.1, -0.05) is 29.3 Å². The Labute approximate surface area is 121 Å². The van der Waals surface area contributed by atoms with Crippen LogP contribution in [0.2, 0.25) is 10.0 Å². The summed E-state index contributed by atoms with van der Waals surface area (Å²) < 4.78 is 11.7. The van der Waals surface area contributed by atoms with E-state index in [-0.39, 0.29) is 5.41 Å². The van der Waals surface area contributed by atoms with Crippen LogP contribution in [0.3, 0.4) is 0 Å². The van der Waals surface area contributed by atoms with Gasteiger partial charge in [-0.05, 0) is 37.1 Å². The number of rotatable bonds is 3. The van der Waals surface area contributed by atoms with Gasteiger partial charge >= 0.3 is 0 Å². The van der Waals surface area contributed by atoms with Crippen molar-refractivity contribution < 1.29 is 4.21 Å². The van der Waals surface area contributed by atoms with Gasteiger partial charge in [0, 0.05) is 34.8 Å². The second-order valence-electron chi connectivity index (χ2n) is 4.91. The Morgan fingerprint density at radius 1 is 1.39 bits per heavy atom. The zero-order valence-electron chi connectivity index (χ0n) is 10.3. The molecule has 1 aromatic rings. The van der Waals surface area contributed by atoms with Crippen LogP contribution in [-0.4, -0.2) is 29.3 Å². The Balaban J connectivity index is 2.38. The monoisotopic (exact) mass is 305 g/mol. The normalized spacial score (nSPS) is 25.9. The molecule has 0 spiro atoms.